The molecule has 1 aliphatic rings. The molecule has 0 saturated carbocycles. The minimum absolute atomic E-state index is 0.0825. The van der Waals surface area contributed by atoms with E-state index in [0.29, 0.717) is 38.9 Å². The molecule has 326 valence electrons. The molecule has 1 saturated heterocycles. The van der Waals surface area contributed by atoms with Crippen LogP contribution in [-0.2, 0) is 23.9 Å². The molecule has 4 N–H and O–H groups in total. The molecule has 0 aromatic rings. The zero-order valence-corrected chi connectivity index (χ0v) is 36.6. The van der Waals surface area contributed by atoms with E-state index in [4.69, 9.17) is 20.9 Å². The van der Waals surface area contributed by atoms with E-state index >= 15 is 0 Å². The summed E-state index contributed by atoms with van der Waals surface area (Å²) in [6.07, 6.45) is 44.1. The van der Waals surface area contributed by atoms with Gasteiger partial charge < -0.3 is 25.8 Å². The van der Waals surface area contributed by atoms with Gasteiger partial charge in [0.1, 0.15) is 0 Å². The van der Waals surface area contributed by atoms with Crippen LogP contribution in [-0.4, -0.2) is 61.6 Å². The Balaban J connectivity index is 2.31. The molecule has 1 unspecified atom stereocenters. The van der Waals surface area contributed by atoms with Gasteiger partial charge in [-0.15, -0.1) is 0 Å². The van der Waals surface area contributed by atoms with Crippen LogP contribution in [0.15, 0.2) is 24.3 Å². The maximum atomic E-state index is 13.2. The number of nitrogens with two attached hydrogens (primary N) is 2. The molecular formula is C48H89N3O5. The molecule has 1 rings (SSSR count). The lowest BCUT2D eigenvalue weighted by Gasteiger charge is -2.21. The molecule has 8 nitrogen and oxygen atoms in total. The third-order valence-electron chi connectivity index (χ3n) is 11.4. The van der Waals surface area contributed by atoms with Crippen LogP contribution in [0.2, 0.25) is 0 Å². The summed E-state index contributed by atoms with van der Waals surface area (Å²) in [7, 11) is 0. The van der Waals surface area contributed by atoms with E-state index in [9.17, 15) is 14.4 Å². The van der Waals surface area contributed by atoms with Crippen LogP contribution in [0.1, 0.15) is 213 Å². The summed E-state index contributed by atoms with van der Waals surface area (Å²) in [5.74, 6) is -0.632. The van der Waals surface area contributed by atoms with Gasteiger partial charge in [-0.3, -0.25) is 14.4 Å². The maximum Gasteiger partial charge on any atom is 0.305 e. The molecule has 0 radical (unpaired) electrons. The smallest absolute Gasteiger partial charge is 0.305 e. The van der Waals surface area contributed by atoms with Crippen LogP contribution >= 0.6 is 0 Å². The first-order chi connectivity index (χ1) is 27.4. The Kier molecular flexibility index (Phi) is 35.5. The minimum atomic E-state index is -0.576. The van der Waals surface area contributed by atoms with Crippen molar-refractivity contribution in [2.45, 2.75) is 219 Å². The SMILES string of the molecule is CCCCCCCC/C=C\CCCCCCCC(=O)OC[C@@H]1CN(C(=O)C(N)CCCCN)C[C@H]1COC(=O)CCCCCCC/C=C\CCCCCCCC. The van der Waals surface area contributed by atoms with Gasteiger partial charge in [-0.05, 0) is 83.6 Å². The number of hydrogen-bond acceptors (Lipinski definition) is 7. The summed E-state index contributed by atoms with van der Waals surface area (Å²) < 4.78 is 11.5. The van der Waals surface area contributed by atoms with Crippen molar-refractivity contribution in [1.29, 1.82) is 0 Å². The Morgan fingerprint density at radius 1 is 0.536 bits per heavy atom. The summed E-state index contributed by atoms with van der Waals surface area (Å²) in [5.41, 5.74) is 11.9. The topological polar surface area (TPSA) is 125 Å². The van der Waals surface area contributed by atoms with Gasteiger partial charge in [0.25, 0.3) is 0 Å². The molecular weight excluding hydrogens is 699 g/mol. The molecule has 0 spiro atoms. The molecule has 1 amide bonds. The zero-order chi connectivity index (χ0) is 40.7. The first kappa shape index (κ1) is 51.8. The Labute approximate surface area is 345 Å². The van der Waals surface area contributed by atoms with Crippen LogP contribution in [0.5, 0.6) is 0 Å². The molecule has 0 aliphatic carbocycles. The third kappa shape index (κ3) is 30.0. The summed E-state index contributed by atoms with van der Waals surface area (Å²) in [6, 6.07) is -0.576. The van der Waals surface area contributed by atoms with Gasteiger partial charge >= 0.3 is 11.9 Å². The summed E-state index contributed by atoms with van der Waals surface area (Å²) in [4.78, 5) is 40.3. The van der Waals surface area contributed by atoms with E-state index in [1.54, 1.807) is 4.90 Å². The van der Waals surface area contributed by atoms with E-state index in [1.807, 2.05) is 0 Å². The van der Waals surface area contributed by atoms with Gasteiger partial charge in [0.15, 0.2) is 0 Å². The van der Waals surface area contributed by atoms with E-state index in [-0.39, 0.29) is 42.9 Å². The number of nitrogens with zero attached hydrogens (tertiary/aromatic N) is 1. The lowest BCUT2D eigenvalue weighted by Crippen LogP contribution is -2.43. The zero-order valence-electron chi connectivity index (χ0n) is 36.6. The third-order valence-corrected chi connectivity index (χ3v) is 11.4. The Morgan fingerprint density at radius 3 is 1.27 bits per heavy atom. The molecule has 0 bridgehead atoms. The predicted molar refractivity (Wildman–Crippen MR) is 235 cm³/mol. The predicted octanol–water partition coefficient (Wildman–Crippen LogP) is 11.7. The lowest BCUT2D eigenvalue weighted by atomic mass is 9.98. The largest absolute Gasteiger partial charge is 0.465 e. The Bertz CT molecular complexity index is 937. The fraction of sp³-hybridized carbons (Fsp3) is 0.854. The molecule has 1 fully saturated rings. The highest BCUT2D eigenvalue weighted by molar-refractivity contribution is 5.82. The van der Waals surface area contributed by atoms with Gasteiger partial charge in [0, 0.05) is 37.8 Å². The second-order valence-corrected chi connectivity index (χ2v) is 16.7. The minimum Gasteiger partial charge on any atom is -0.465 e. The van der Waals surface area contributed by atoms with Gasteiger partial charge in [-0.25, -0.2) is 0 Å². The second kappa shape index (κ2) is 38.3. The Hall–Kier alpha value is -2.19. The van der Waals surface area contributed by atoms with Gasteiger partial charge in [0.2, 0.25) is 5.91 Å². The number of hydrogen-bond donors (Lipinski definition) is 2. The van der Waals surface area contributed by atoms with Gasteiger partial charge in [-0.1, -0.05) is 147 Å². The van der Waals surface area contributed by atoms with Gasteiger partial charge in [-0.2, -0.15) is 0 Å². The number of carbonyl (C=O) groups is 3. The van der Waals surface area contributed by atoms with E-state index < -0.39 is 6.04 Å². The first-order valence-electron chi connectivity index (χ1n) is 23.8. The van der Waals surface area contributed by atoms with E-state index in [0.717, 1.165) is 64.2 Å². The summed E-state index contributed by atoms with van der Waals surface area (Å²) in [5, 5.41) is 0. The van der Waals surface area contributed by atoms with Crippen LogP contribution in [0, 0.1) is 11.8 Å². The molecule has 0 aromatic carbocycles. The second-order valence-electron chi connectivity index (χ2n) is 16.7. The van der Waals surface area contributed by atoms with Gasteiger partial charge in [0.05, 0.1) is 19.3 Å². The Morgan fingerprint density at radius 2 is 0.893 bits per heavy atom. The average molecular weight is 788 g/mol. The van der Waals surface area contributed by atoms with Crippen molar-refractivity contribution in [2.75, 3.05) is 32.8 Å². The highest BCUT2D eigenvalue weighted by Crippen LogP contribution is 2.26. The van der Waals surface area contributed by atoms with Crippen molar-refractivity contribution in [1.82, 2.24) is 4.90 Å². The lowest BCUT2D eigenvalue weighted by molar-refractivity contribution is -0.149. The van der Waals surface area contributed by atoms with Crippen LogP contribution < -0.4 is 11.5 Å². The number of likely N-dealkylation sites (tertiary alicyclic amines) is 1. The average Bonchev–Trinajstić information content (AvgIpc) is 3.61. The van der Waals surface area contributed by atoms with Crippen molar-refractivity contribution in [3.63, 3.8) is 0 Å². The van der Waals surface area contributed by atoms with E-state index in [2.05, 4.69) is 38.2 Å². The standard InChI is InChI=1S/C48H89N3O5/c1-3-5-7-9-11-13-15-17-19-21-23-25-27-29-31-36-46(52)55-41-43-39-51(48(54)45(50)35-33-34-38-49)40-44(43)42-56-47(53)37-32-30-28-26-24-22-20-18-16-14-12-10-8-6-4-2/h17-20,43-45H,3-16,21-42,49-50H2,1-2H3/b19-17-,20-18-/t43-,44-,45?/m0/s1. The maximum absolute atomic E-state index is 13.2. The first-order valence-corrected chi connectivity index (χ1v) is 23.8. The normalized spacial score (nSPS) is 16.3. The van der Waals surface area contributed by atoms with Crippen molar-refractivity contribution in [2.24, 2.45) is 23.3 Å². The molecule has 1 aliphatic heterocycles. The number of rotatable bonds is 39. The molecule has 8 heteroatoms. The number of unbranched alkanes of at least 4 members (excludes halogenated alkanes) is 23. The summed E-state index contributed by atoms with van der Waals surface area (Å²) >= 11 is 0. The van der Waals surface area contributed by atoms with Crippen molar-refractivity contribution in [3.05, 3.63) is 24.3 Å². The van der Waals surface area contributed by atoms with E-state index in [1.165, 1.54) is 116 Å². The van der Waals surface area contributed by atoms with Crippen molar-refractivity contribution < 1.29 is 23.9 Å². The molecule has 56 heavy (non-hydrogen) atoms. The highest BCUT2D eigenvalue weighted by Gasteiger charge is 2.38. The molecule has 0 aromatic heterocycles. The molecule has 1 heterocycles. The monoisotopic (exact) mass is 788 g/mol. The number of ether oxygens (including phenoxy) is 2. The summed E-state index contributed by atoms with van der Waals surface area (Å²) in [6.45, 7) is 6.48. The number of amides is 1. The van der Waals surface area contributed by atoms with Crippen LogP contribution in [0.3, 0.4) is 0 Å². The quantitative estimate of drug-likeness (QED) is 0.0361. The fourth-order valence-corrected chi connectivity index (χ4v) is 7.59. The number of allylic oxidation sites excluding steroid dienone is 4. The van der Waals surface area contributed by atoms with Crippen LogP contribution in [0.4, 0.5) is 0 Å². The fourth-order valence-electron chi connectivity index (χ4n) is 7.59. The van der Waals surface area contributed by atoms with Crippen LogP contribution in [0.25, 0.3) is 0 Å². The van der Waals surface area contributed by atoms with Crippen molar-refractivity contribution in [3.8, 4) is 0 Å². The molecule has 3 atom stereocenters. The number of esters is 2. The van der Waals surface area contributed by atoms with Crippen molar-refractivity contribution >= 4 is 17.8 Å². The highest BCUT2D eigenvalue weighted by atomic mass is 16.5. The number of carbonyl (C=O) groups excluding carboxylic acids is 3.